The Balaban J connectivity index is 3.30. The smallest absolute Gasteiger partial charge is 0.159 e. The van der Waals surface area contributed by atoms with Crippen molar-refractivity contribution in [3.05, 3.63) is 15.0 Å². The zero-order valence-corrected chi connectivity index (χ0v) is 5.45. The van der Waals surface area contributed by atoms with Gasteiger partial charge in [-0.3, -0.25) is 0 Å². The van der Waals surface area contributed by atoms with E-state index in [1.807, 2.05) is 6.92 Å². The van der Waals surface area contributed by atoms with Gasteiger partial charge < -0.3 is 4.98 Å². The predicted octanol–water partition coefficient (Wildman–Crippen LogP) is 1.91. The molecule has 0 fully saturated rings. The van der Waals surface area contributed by atoms with Crippen LogP contribution in [0, 0.1) is 16.3 Å². The lowest BCUT2D eigenvalue weighted by Gasteiger charge is -1.68. The Morgan fingerprint density at radius 3 is 2.71 bits per heavy atom. The fraction of sp³-hybridized carbons (Fsp3) is 0.250. The molecule has 0 spiro atoms. The first-order valence-electron chi connectivity index (χ1n) is 1.86. The third-order valence-electron chi connectivity index (χ3n) is 0.586. The van der Waals surface area contributed by atoms with Crippen LogP contribution < -0.4 is 0 Å². The van der Waals surface area contributed by atoms with Crippen LogP contribution in [0.3, 0.4) is 0 Å². The highest BCUT2D eigenvalue weighted by molar-refractivity contribution is 7.73. The van der Waals surface area contributed by atoms with E-state index in [9.17, 15) is 0 Å². The molecule has 1 aromatic heterocycles. The number of aryl methyl sites for hydroxylation is 1. The number of hydrogen-bond donors (Lipinski definition) is 1. The van der Waals surface area contributed by atoms with Gasteiger partial charge in [0.15, 0.2) is 3.95 Å². The minimum absolute atomic E-state index is 0.803. The summed E-state index contributed by atoms with van der Waals surface area (Å²) < 4.78 is 0.803. The Hall–Kier alpha value is -0.150. The molecule has 1 heterocycles. The zero-order chi connectivity index (χ0) is 5.28. The van der Waals surface area contributed by atoms with E-state index in [2.05, 4.69) is 10.4 Å². The number of hydrogen-bond acceptors (Lipinski definition) is 2. The average molecular weight is 130 g/mol. The SMILES string of the molecule is Cc1[c]sc(=S)[nH]1. The van der Waals surface area contributed by atoms with Gasteiger partial charge in [0.05, 0.1) is 5.38 Å². The predicted molar refractivity (Wildman–Crippen MR) is 33.1 cm³/mol. The summed E-state index contributed by atoms with van der Waals surface area (Å²) in [6.45, 7) is 1.94. The summed E-state index contributed by atoms with van der Waals surface area (Å²) in [5, 5.41) is 2.95. The van der Waals surface area contributed by atoms with Crippen molar-refractivity contribution in [2.75, 3.05) is 0 Å². The topological polar surface area (TPSA) is 15.8 Å². The lowest BCUT2D eigenvalue weighted by Crippen LogP contribution is -1.62. The number of H-pyrrole nitrogens is 1. The van der Waals surface area contributed by atoms with E-state index in [0.29, 0.717) is 0 Å². The van der Waals surface area contributed by atoms with Gasteiger partial charge in [0, 0.05) is 5.69 Å². The molecule has 3 heteroatoms. The maximum absolute atomic E-state index is 4.76. The van der Waals surface area contributed by atoms with Crippen LogP contribution in [-0.4, -0.2) is 4.98 Å². The first-order chi connectivity index (χ1) is 3.29. The third kappa shape index (κ3) is 1.11. The highest BCUT2D eigenvalue weighted by atomic mass is 32.1. The Kier molecular flexibility index (Phi) is 1.25. The molecule has 1 rings (SSSR count). The van der Waals surface area contributed by atoms with E-state index in [1.165, 1.54) is 11.3 Å². The highest BCUT2D eigenvalue weighted by Crippen LogP contribution is 1.99. The maximum Gasteiger partial charge on any atom is 0.159 e. The van der Waals surface area contributed by atoms with E-state index >= 15 is 0 Å². The summed E-state index contributed by atoms with van der Waals surface area (Å²) in [5.74, 6) is 0. The molecule has 0 atom stereocenters. The van der Waals surface area contributed by atoms with Crippen molar-refractivity contribution in [1.29, 1.82) is 0 Å². The summed E-state index contributed by atoms with van der Waals surface area (Å²) in [5.41, 5.74) is 1.02. The lowest BCUT2D eigenvalue weighted by atomic mass is 10.6. The number of aromatic amines is 1. The molecule has 1 aromatic rings. The first kappa shape index (κ1) is 5.00. The number of thiazole rings is 1. The molecule has 0 unspecified atom stereocenters. The maximum atomic E-state index is 4.76. The lowest BCUT2D eigenvalue weighted by molar-refractivity contribution is 1.25. The van der Waals surface area contributed by atoms with Crippen molar-refractivity contribution >= 4 is 23.6 Å². The highest BCUT2D eigenvalue weighted by Gasteiger charge is 1.81. The van der Waals surface area contributed by atoms with Crippen molar-refractivity contribution in [1.82, 2.24) is 4.98 Å². The second-order valence-electron chi connectivity index (χ2n) is 1.24. The van der Waals surface area contributed by atoms with Gasteiger partial charge in [-0.15, -0.1) is 11.3 Å². The van der Waals surface area contributed by atoms with Crippen LogP contribution >= 0.6 is 23.6 Å². The molecule has 0 aliphatic rings. The van der Waals surface area contributed by atoms with E-state index in [-0.39, 0.29) is 0 Å². The van der Waals surface area contributed by atoms with E-state index in [4.69, 9.17) is 12.2 Å². The van der Waals surface area contributed by atoms with Gasteiger partial charge in [0.25, 0.3) is 0 Å². The molecule has 7 heavy (non-hydrogen) atoms. The molecule has 0 amide bonds. The normalized spacial score (nSPS) is 9.29. The van der Waals surface area contributed by atoms with Crippen LogP contribution in [-0.2, 0) is 0 Å². The summed E-state index contributed by atoms with van der Waals surface area (Å²) in [7, 11) is 0. The van der Waals surface area contributed by atoms with Crippen molar-refractivity contribution in [2.45, 2.75) is 6.92 Å². The standard InChI is InChI=1S/C4H4NS2/c1-3-2-7-4(6)5-3/h1H3,(H,5,6). The molecule has 0 saturated carbocycles. The van der Waals surface area contributed by atoms with Crippen LogP contribution in [0.1, 0.15) is 5.69 Å². The summed E-state index contributed by atoms with van der Waals surface area (Å²) in [4.78, 5) is 2.92. The van der Waals surface area contributed by atoms with Crippen LogP contribution in [0.5, 0.6) is 0 Å². The van der Waals surface area contributed by atoms with Crippen molar-refractivity contribution in [3.63, 3.8) is 0 Å². The second-order valence-corrected chi connectivity index (χ2v) is 2.72. The van der Waals surface area contributed by atoms with Crippen molar-refractivity contribution in [2.24, 2.45) is 0 Å². The van der Waals surface area contributed by atoms with Gasteiger partial charge in [0.2, 0.25) is 0 Å². The van der Waals surface area contributed by atoms with Gasteiger partial charge in [-0.2, -0.15) is 0 Å². The molecule has 0 saturated heterocycles. The quantitative estimate of drug-likeness (QED) is 0.530. The number of aromatic nitrogens is 1. The fourth-order valence-electron chi connectivity index (χ4n) is 0.327. The molecule has 0 aliphatic carbocycles. The minimum atomic E-state index is 0.803. The largest absolute Gasteiger partial charge is 0.341 e. The van der Waals surface area contributed by atoms with Gasteiger partial charge in [0.1, 0.15) is 0 Å². The Morgan fingerprint density at radius 1 is 1.86 bits per heavy atom. The Morgan fingerprint density at radius 2 is 2.57 bits per heavy atom. The van der Waals surface area contributed by atoms with Crippen LogP contribution in [0.2, 0.25) is 0 Å². The van der Waals surface area contributed by atoms with Crippen molar-refractivity contribution < 1.29 is 0 Å². The monoisotopic (exact) mass is 130 g/mol. The molecule has 0 aliphatic heterocycles. The van der Waals surface area contributed by atoms with Gasteiger partial charge in [-0.05, 0) is 19.1 Å². The molecular weight excluding hydrogens is 126 g/mol. The van der Waals surface area contributed by atoms with E-state index in [1.54, 1.807) is 0 Å². The van der Waals surface area contributed by atoms with E-state index < -0.39 is 0 Å². The van der Waals surface area contributed by atoms with E-state index in [0.717, 1.165) is 9.65 Å². The molecular formula is C4H4NS2. The van der Waals surface area contributed by atoms with Gasteiger partial charge in [-0.25, -0.2) is 0 Å². The van der Waals surface area contributed by atoms with Crippen LogP contribution in [0.25, 0.3) is 0 Å². The Labute approximate surface area is 51.0 Å². The molecule has 37 valence electrons. The minimum Gasteiger partial charge on any atom is -0.341 e. The average Bonchev–Trinajstić information content (AvgIpc) is 1.87. The molecule has 1 N–H and O–H groups in total. The fourth-order valence-corrected chi connectivity index (χ4v) is 1.11. The Bertz CT molecular complexity index is 197. The van der Waals surface area contributed by atoms with Gasteiger partial charge in [-0.1, -0.05) is 0 Å². The molecule has 1 nitrogen and oxygen atoms in total. The van der Waals surface area contributed by atoms with Crippen molar-refractivity contribution in [3.8, 4) is 0 Å². The number of nitrogens with one attached hydrogen (secondary N) is 1. The molecule has 1 radical (unpaired) electrons. The summed E-state index contributed by atoms with van der Waals surface area (Å²) in [6, 6.07) is 0. The van der Waals surface area contributed by atoms with Crippen LogP contribution in [0.4, 0.5) is 0 Å². The first-order valence-corrected chi connectivity index (χ1v) is 3.09. The van der Waals surface area contributed by atoms with Gasteiger partial charge >= 0.3 is 0 Å². The molecule has 0 aromatic carbocycles. The second kappa shape index (κ2) is 1.76. The molecule has 0 bridgehead atoms. The van der Waals surface area contributed by atoms with Crippen LogP contribution in [0.15, 0.2) is 0 Å². The summed E-state index contributed by atoms with van der Waals surface area (Å²) in [6.07, 6.45) is 0. The summed E-state index contributed by atoms with van der Waals surface area (Å²) >= 11 is 6.20. The third-order valence-corrected chi connectivity index (χ3v) is 1.63. The zero-order valence-electron chi connectivity index (χ0n) is 3.82. The number of rotatable bonds is 0.